The Morgan fingerprint density at radius 2 is 2.00 bits per heavy atom. The van der Waals surface area contributed by atoms with E-state index in [0.29, 0.717) is 29.9 Å². The standard InChI is InChI=1S/C16H11F3N2O.C2H6/c17-16(18,19)14-8-10(4-6-21-14)12-2-1-3-13-11(9-20)5-7-22-15(12)13;1-2/h1-4,6,8,11H,5,7H2;1-2H3. The third-order valence-corrected chi connectivity index (χ3v) is 3.59. The van der Waals surface area contributed by atoms with Crippen molar-refractivity contribution in [2.45, 2.75) is 32.4 Å². The van der Waals surface area contributed by atoms with E-state index in [0.717, 1.165) is 17.8 Å². The Morgan fingerprint density at radius 3 is 2.67 bits per heavy atom. The number of rotatable bonds is 1. The summed E-state index contributed by atoms with van der Waals surface area (Å²) in [6.45, 7) is 4.37. The van der Waals surface area contributed by atoms with E-state index in [1.54, 1.807) is 18.2 Å². The molecule has 1 aliphatic rings. The molecule has 0 fully saturated rings. The van der Waals surface area contributed by atoms with Gasteiger partial charge in [0.1, 0.15) is 11.4 Å². The zero-order valence-corrected chi connectivity index (χ0v) is 13.4. The van der Waals surface area contributed by atoms with Crippen molar-refractivity contribution in [1.82, 2.24) is 4.98 Å². The van der Waals surface area contributed by atoms with Gasteiger partial charge in [-0.25, -0.2) is 0 Å². The number of halogens is 3. The van der Waals surface area contributed by atoms with Crippen LogP contribution in [0.5, 0.6) is 5.75 Å². The van der Waals surface area contributed by atoms with E-state index in [9.17, 15) is 18.4 Å². The number of pyridine rings is 1. The van der Waals surface area contributed by atoms with Crippen molar-refractivity contribution in [3.05, 3.63) is 47.8 Å². The number of aromatic nitrogens is 1. The predicted molar refractivity (Wildman–Crippen MR) is 84.5 cm³/mol. The molecule has 0 spiro atoms. The monoisotopic (exact) mass is 334 g/mol. The molecule has 126 valence electrons. The van der Waals surface area contributed by atoms with E-state index in [-0.39, 0.29) is 5.92 Å². The Hall–Kier alpha value is -2.55. The quantitative estimate of drug-likeness (QED) is 0.721. The Morgan fingerprint density at radius 1 is 1.25 bits per heavy atom. The summed E-state index contributed by atoms with van der Waals surface area (Å²) in [6, 6.07) is 9.89. The maximum absolute atomic E-state index is 12.8. The molecule has 1 atom stereocenters. The first-order chi connectivity index (χ1) is 11.5. The highest BCUT2D eigenvalue weighted by molar-refractivity contribution is 5.73. The van der Waals surface area contributed by atoms with Crippen LogP contribution in [0, 0.1) is 11.3 Å². The smallest absolute Gasteiger partial charge is 0.433 e. The Bertz CT molecular complexity index is 751. The fourth-order valence-electron chi connectivity index (χ4n) is 2.54. The molecule has 1 aromatic carbocycles. The van der Waals surface area contributed by atoms with Crippen LogP contribution in [-0.2, 0) is 6.18 Å². The van der Waals surface area contributed by atoms with Crippen molar-refractivity contribution in [2.24, 2.45) is 0 Å². The topological polar surface area (TPSA) is 45.9 Å². The van der Waals surface area contributed by atoms with Crippen LogP contribution in [0.25, 0.3) is 11.1 Å². The average Bonchev–Trinajstić information content (AvgIpc) is 2.61. The number of benzene rings is 1. The number of ether oxygens (including phenoxy) is 1. The van der Waals surface area contributed by atoms with E-state index in [2.05, 4.69) is 11.1 Å². The van der Waals surface area contributed by atoms with Crippen molar-refractivity contribution in [1.29, 1.82) is 5.26 Å². The molecule has 1 aliphatic heterocycles. The van der Waals surface area contributed by atoms with Gasteiger partial charge in [0.2, 0.25) is 0 Å². The first kappa shape index (κ1) is 17.8. The Balaban J connectivity index is 0.00000100. The molecule has 3 nitrogen and oxygen atoms in total. The molecule has 0 radical (unpaired) electrons. The third-order valence-electron chi connectivity index (χ3n) is 3.59. The normalized spacial score (nSPS) is 16.1. The number of nitriles is 1. The highest BCUT2D eigenvalue weighted by Gasteiger charge is 2.33. The van der Waals surface area contributed by atoms with Crippen LogP contribution in [-0.4, -0.2) is 11.6 Å². The van der Waals surface area contributed by atoms with Crippen LogP contribution in [0.2, 0.25) is 0 Å². The maximum Gasteiger partial charge on any atom is 0.433 e. The van der Waals surface area contributed by atoms with E-state index in [1.807, 2.05) is 13.8 Å². The molecule has 0 amide bonds. The van der Waals surface area contributed by atoms with Gasteiger partial charge in [0.15, 0.2) is 0 Å². The number of nitrogens with zero attached hydrogens (tertiary/aromatic N) is 2. The first-order valence-electron chi connectivity index (χ1n) is 7.69. The second-order valence-electron chi connectivity index (χ2n) is 4.97. The molecule has 0 bridgehead atoms. The molecule has 0 saturated heterocycles. The second-order valence-corrected chi connectivity index (χ2v) is 4.97. The van der Waals surface area contributed by atoms with E-state index >= 15 is 0 Å². The lowest BCUT2D eigenvalue weighted by Crippen LogP contribution is -2.14. The predicted octanol–water partition coefficient (Wildman–Crippen LogP) is 5.18. The number of para-hydroxylation sites is 1. The van der Waals surface area contributed by atoms with E-state index in [1.165, 1.54) is 6.07 Å². The molecule has 6 heteroatoms. The lowest BCUT2D eigenvalue weighted by molar-refractivity contribution is -0.141. The molecule has 0 aliphatic carbocycles. The molecular weight excluding hydrogens is 317 g/mol. The van der Waals surface area contributed by atoms with Crippen LogP contribution < -0.4 is 4.74 Å². The molecule has 1 aromatic heterocycles. The Labute approximate surface area is 138 Å². The van der Waals surface area contributed by atoms with Gasteiger partial charge in [-0.15, -0.1) is 0 Å². The van der Waals surface area contributed by atoms with Gasteiger partial charge in [-0.2, -0.15) is 18.4 Å². The summed E-state index contributed by atoms with van der Waals surface area (Å²) in [5, 5.41) is 9.19. The zero-order chi connectivity index (χ0) is 17.7. The van der Waals surface area contributed by atoms with Gasteiger partial charge in [0, 0.05) is 23.7 Å². The summed E-state index contributed by atoms with van der Waals surface area (Å²) < 4.78 is 44.0. The van der Waals surface area contributed by atoms with Gasteiger partial charge in [-0.3, -0.25) is 4.98 Å². The average molecular weight is 334 g/mol. The minimum atomic E-state index is -4.50. The van der Waals surface area contributed by atoms with Crippen LogP contribution >= 0.6 is 0 Å². The van der Waals surface area contributed by atoms with Gasteiger partial charge in [-0.05, 0) is 17.7 Å². The minimum absolute atomic E-state index is 0.298. The van der Waals surface area contributed by atoms with Gasteiger partial charge < -0.3 is 4.74 Å². The van der Waals surface area contributed by atoms with Gasteiger partial charge in [0.05, 0.1) is 18.6 Å². The fraction of sp³-hybridized carbons (Fsp3) is 0.333. The largest absolute Gasteiger partial charge is 0.493 e. The molecule has 1 unspecified atom stereocenters. The molecule has 24 heavy (non-hydrogen) atoms. The fourth-order valence-corrected chi connectivity index (χ4v) is 2.54. The van der Waals surface area contributed by atoms with Crippen molar-refractivity contribution in [3.63, 3.8) is 0 Å². The van der Waals surface area contributed by atoms with Crippen LogP contribution in [0.1, 0.15) is 37.4 Å². The van der Waals surface area contributed by atoms with E-state index in [4.69, 9.17) is 4.74 Å². The van der Waals surface area contributed by atoms with Crippen molar-refractivity contribution in [3.8, 4) is 22.9 Å². The number of hydrogen-bond acceptors (Lipinski definition) is 3. The highest BCUT2D eigenvalue weighted by atomic mass is 19.4. The van der Waals surface area contributed by atoms with Gasteiger partial charge in [0.25, 0.3) is 0 Å². The van der Waals surface area contributed by atoms with Crippen LogP contribution in [0.15, 0.2) is 36.5 Å². The minimum Gasteiger partial charge on any atom is -0.493 e. The first-order valence-corrected chi connectivity index (χ1v) is 7.69. The zero-order valence-electron chi connectivity index (χ0n) is 13.4. The number of fused-ring (bicyclic) bond motifs is 1. The molecule has 2 heterocycles. The van der Waals surface area contributed by atoms with Crippen molar-refractivity contribution >= 4 is 0 Å². The van der Waals surface area contributed by atoms with Gasteiger partial charge in [-0.1, -0.05) is 32.0 Å². The SMILES string of the molecule is CC.N#CC1CCOc2c(-c3ccnc(C(F)(F)F)c3)cccc21. The van der Waals surface area contributed by atoms with Crippen LogP contribution in [0.4, 0.5) is 13.2 Å². The molecular formula is C18H17F3N2O. The summed E-state index contributed by atoms with van der Waals surface area (Å²) in [7, 11) is 0. The lowest BCUT2D eigenvalue weighted by atomic mass is 9.90. The second kappa shape index (κ2) is 7.35. The van der Waals surface area contributed by atoms with Crippen LogP contribution in [0.3, 0.4) is 0 Å². The highest BCUT2D eigenvalue weighted by Crippen LogP contribution is 2.41. The van der Waals surface area contributed by atoms with Crippen molar-refractivity contribution in [2.75, 3.05) is 6.61 Å². The Kier molecular flexibility index (Phi) is 5.45. The number of hydrogen-bond donors (Lipinski definition) is 0. The lowest BCUT2D eigenvalue weighted by Gasteiger charge is -2.24. The summed E-state index contributed by atoms with van der Waals surface area (Å²) in [5.74, 6) is 0.187. The maximum atomic E-state index is 12.8. The van der Waals surface area contributed by atoms with Crippen molar-refractivity contribution < 1.29 is 17.9 Å². The third kappa shape index (κ3) is 3.51. The molecule has 3 rings (SSSR count). The summed E-state index contributed by atoms with van der Waals surface area (Å²) in [6.07, 6.45) is -2.79. The molecule has 0 saturated carbocycles. The van der Waals surface area contributed by atoms with Gasteiger partial charge >= 0.3 is 6.18 Å². The summed E-state index contributed by atoms with van der Waals surface area (Å²) >= 11 is 0. The van der Waals surface area contributed by atoms with E-state index < -0.39 is 11.9 Å². The molecule has 0 N–H and O–H groups in total. The summed E-state index contributed by atoms with van der Waals surface area (Å²) in [4.78, 5) is 3.36. The number of alkyl halides is 3. The summed E-state index contributed by atoms with van der Waals surface area (Å²) in [5.41, 5.74) is 0.690. The molecule has 2 aromatic rings.